The highest BCUT2D eigenvalue weighted by atomic mass is 127. The van der Waals surface area contributed by atoms with Crippen molar-refractivity contribution < 1.29 is 4.79 Å². The van der Waals surface area contributed by atoms with Gasteiger partial charge in [-0.05, 0) is 34.2 Å². The van der Waals surface area contributed by atoms with Gasteiger partial charge >= 0.3 is 0 Å². The molecular formula is C10H6BrIOS. The van der Waals surface area contributed by atoms with Crippen LogP contribution in [0.25, 0.3) is 10.1 Å². The summed E-state index contributed by atoms with van der Waals surface area (Å²) < 4.78 is 2.36. The van der Waals surface area contributed by atoms with E-state index in [4.69, 9.17) is 0 Å². The van der Waals surface area contributed by atoms with E-state index in [9.17, 15) is 4.79 Å². The first kappa shape index (κ1) is 10.6. The lowest BCUT2D eigenvalue weighted by molar-refractivity contribution is 0.112. The molecule has 0 saturated carbocycles. The van der Waals surface area contributed by atoms with Crippen LogP contribution in [0.15, 0.2) is 17.5 Å². The Labute approximate surface area is 108 Å². The van der Waals surface area contributed by atoms with E-state index in [1.807, 2.05) is 5.38 Å². The summed E-state index contributed by atoms with van der Waals surface area (Å²) in [4.78, 5) is 10.8. The third-order valence-corrected chi connectivity index (χ3v) is 4.63. The van der Waals surface area contributed by atoms with Crippen molar-refractivity contribution in [3.05, 3.63) is 32.2 Å². The van der Waals surface area contributed by atoms with Gasteiger partial charge in [0.1, 0.15) is 0 Å². The molecule has 0 aliphatic rings. The second kappa shape index (κ2) is 4.28. The number of fused-ring (bicyclic) bond motifs is 1. The SMILES string of the molecule is O=Cc1csc2c(CBr)ccc(I)c12. The van der Waals surface area contributed by atoms with Crippen LogP contribution in [0.4, 0.5) is 0 Å². The molecule has 0 bridgehead atoms. The van der Waals surface area contributed by atoms with Crippen molar-refractivity contribution in [2.75, 3.05) is 0 Å². The number of benzene rings is 1. The smallest absolute Gasteiger partial charge is 0.151 e. The summed E-state index contributed by atoms with van der Waals surface area (Å²) in [6, 6.07) is 4.16. The average Bonchev–Trinajstić information content (AvgIpc) is 2.63. The first-order chi connectivity index (χ1) is 6.77. The number of alkyl halides is 1. The second-order valence-electron chi connectivity index (χ2n) is 2.85. The van der Waals surface area contributed by atoms with Gasteiger partial charge in [0.2, 0.25) is 0 Å². The molecule has 0 aliphatic heterocycles. The molecule has 0 amide bonds. The largest absolute Gasteiger partial charge is 0.298 e. The highest BCUT2D eigenvalue weighted by Crippen LogP contribution is 2.33. The molecule has 0 N–H and O–H groups in total. The molecule has 0 fully saturated rings. The van der Waals surface area contributed by atoms with Gasteiger partial charge in [0.05, 0.1) is 0 Å². The Morgan fingerprint density at radius 1 is 1.50 bits per heavy atom. The first-order valence-corrected chi connectivity index (χ1v) is 7.05. The zero-order chi connectivity index (χ0) is 10.1. The minimum absolute atomic E-state index is 0.803. The lowest BCUT2D eigenvalue weighted by Gasteiger charge is -2.00. The Hall–Kier alpha value is 0.0600. The third kappa shape index (κ3) is 1.63. The van der Waals surface area contributed by atoms with E-state index in [1.165, 1.54) is 10.3 Å². The zero-order valence-electron chi connectivity index (χ0n) is 7.09. The van der Waals surface area contributed by atoms with Crippen LogP contribution in [-0.4, -0.2) is 6.29 Å². The van der Waals surface area contributed by atoms with Crippen LogP contribution < -0.4 is 0 Å². The van der Waals surface area contributed by atoms with Crippen LogP contribution in [0.3, 0.4) is 0 Å². The van der Waals surface area contributed by atoms with Crippen LogP contribution in [0.5, 0.6) is 0 Å². The number of hydrogen-bond donors (Lipinski definition) is 0. The molecule has 14 heavy (non-hydrogen) atoms. The van der Waals surface area contributed by atoms with Crippen molar-refractivity contribution in [3.63, 3.8) is 0 Å². The Morgan fingerprint density at radius 3 is 2.93 bits per heavy atom. The number of rotatable bonds is 2. The van der Waals surface area contributed by atoms with Gasteiger partial charge in [0.25, 0.3) is 0 Å². The maximum atomic E-state index is 10.8. The van der Waals surface area contributed by atoms with Gasteiger partial charge in [0.15, 0.2) is 6.29 Å². The number of carbonyl (C=O) groups excluding carboxylic acids is 1. The standard InChI is InChI=1S/C10H6BrIOS/c11-3-6-1-2-8(12)9-7(4-13)5-14-10(6)9/h1-2,4-5H,3H2. The molecule has 1 heterocycles. The molecule has 1 aromatic heterocycles. The number of aldehydes is 1. The molecule has 0 atom stereocenters. The molecule has 0 aliphatic carbocycles. The second-order valence-corrected chi connectivity index (χ2v) is 5.46. The fourth-order valence-corrected chi connectivity index (χ4v) is 4.03. The Morgan fingerprint density at radius 2 is 2.29 bits per heavy atom. The molecule has 2 aromatic rings. The van der Waals surface area contributed by atoms with Gasteiger partial charge in [-0.15, -0.1) is 11.3 Å². The summed E-state index contributed by atoms with van der Waals surface area (Å²) in [5.41, 5.74) is 2.05. The van der Waals surface area contributed by atoms with Crippen molar-refractivity contribution in [1.29, 1.82) is 0 Å². The Kier molecular flexibility index (Phi) is 3.23. The molecule has 72 valence electrons. The fourth-order valence-electron chi connectivity index (χ4n) is 1.38. The minimum atomic E-state index is 0.803. The quantitative estimate of drug-likeness (QED) is 0.433. The summed E-state index contributed by atoms with van der Waals surface area (Å²) >= 11 is 7.36. The van der Waals surface area contributed by atoms with E-state index in [0.717, 1.165) is 26.1 Å². The minimum Gasteiger partial charge on any atom is -0.298 e. The molecular weight excluding hydrogens is 375 g/mol. The fraction of sp³-hybridized carbons (Fsp3) is 0.100. The molecule has 0 unspecified atom stereocenters. The van der Waals surface area contributed by atoms with Gasteiger partial charge in [-0.2, -0.15) is 0 Å². The summed E-state index contributed by atoms with van der Waals surface area (Å²) in [7, 11) is 0. The first-order valence-electron chi connectivity index (χ1n) is 3.97. The Balaban J connectivity index is 2.86. The molecule has 0 spiro atoms. The Bertz CT molecular complexity index is 492. The molecule has 1 aromatic carbocycles. The van der Waals surface area contributed by atoms with Gasteiger partial charge in [-0.3, -0.25) is 4.79 Å². The maximum absolute atomic E-state index is 10.8. The van der Waals surface area contributed by atoms with Crippen LogP contribution >= 0.6 is 49.9 Å². The van der Waals surface area contributed by atoms with E-state index in [-0.39, 0.29) is 0 Å². The number of carbonyl (C=O) groups is 1. The number of hydrogen-bond acceptors (Lipinski definition) is 2. The van der Waals surface area contributed by atoms with Crippen molar-refractivity contribution in [3.8, 4) is 0 Å². The third-order valence-electron chi connectivity index (χ3n) is 2.05. The number of halogens is 2. The average molecular weight is 381 g/mol. The summed E-state index contributed by atoms with van der Waals surface area (Å²) in [6.07, 6.45) is 0.930. The molecule has 0 saturated heterocycles. The number of thiophene rings is 1. The van der Waals surface area contributed by atoms with Gasteiger partial charge in [-0.25, -0.2) is 0 Å². The lowest BCUT2D eigenvalue weighted by atomic mass is 10.1. The van der Waals surface area contributed by atoms with Crippen LogP contribution in [0.2, 0.25) is 0 Å². The normalized spacial score (nSPS) is 10.7. The van der Waals surface area contributed by atoms with Crippen molar-refractivity contribution in [1.82, 2.24) is 0 Å². The predicted molar refractivity (Wildman–Crippen MR) is 72.6 cm³/mol. The van der Waals surface area contributed by atoms with E-state index in [2.05, 4.69) is 50.7 Å². The lowest BCUT2D eigenvalue weighted by Crippen LogP contribution is -1.83. The van der Waals surface area contributed by atoms with Crippen LogP contribution in [-0.2, 0) is 5.33 Å². The van der Waals surface area contributed by atoms with Crippen LogP contribution in [0.1, 0.15) is 15.9 Å². The van der Waals surface area contributed by atoms with E-state index in [1.54, 1.807) is 11.3 Å². The highest BCUT2D eigenvalue weighted by Gasteiger charge is 2.09. The van der Waals surface area contributed by atoms with Gasteiger partial charge in [-0.1, -0.05) is 22.0 Å². The molecule has 1 nitrogen and oxygen atoms in total. The summed E-state index contributed by atoms with van der Waals surface area (Å²) in [6.45, 7) is 0. The van der Waals surface area contributed by atoms with E-state index in [0.29, 0.717) is 0 Å². The van der Waals surface area contributed by atoms with Gasteiger partial charge < -0.3 is 0 Å². The topological polar surface area (TPSA) is 17.1 Å². The summed E-state index contributed by atoms with van der Waals surface area (Å²) in [5.74, 6) is 0. The predicted octanol–water partition coefficient (Wildman–Crippen LogP) is 4.21. The van der Waals surface area contributed by atoms with Crippen molar-refractivity contribution in [2.24, 2.45) is 0 Å². The van der Waals surface area contributed by atoms with Crippen LogP contribution in [0, 0.1) is 3.57 Å². The molecule has 0 radical (unpaired) electrons. The highest BCUT2D eigenvalue weighted by molar-refractivity contribution is 14.1. The summed E-state index contributed by atoms with van der Waals surface area (Å²) in [5, 5.41) is 3.85. The van der Waals surface area contributed by atoms with E-state index >= 15 is 0 Å². The van der Waals surface area contributed by atoms with Gasteiger partial charge in [0, 0.05) is 29.9 Å². The van der Waals surface area contributed by atoms with E-state index < -0.39 is 0 Å². The van der Waals surface area contributed by atoms with Crippen molar-refractivity contribution in [2.45, 2.75) is 5.33 Å². The zero-order valence-corrected chi connectivity index (χ0v) is 11.6. The molecule has 4 heteroatoms. The monoisotopic (exact) mass is 380 g/mol. The molecule has 2 rings (SSSR count). The van der Waals surface area contributed by atoms with Crippen molar-refractivity contribution >= 4 is 66.2 Å². The maximum Gasteiger partial charge on any atom is 0.151 e.